The summed E-state index contributed by atoms with van der Waals surface area (Å²) in [5, 5.41) is 0. The Labute approximate surface area is 91.2 Å². The number of hydrogen-bond acceptors (Lipinski definition) is 2. The van der Waals surface area contributed by atoms with Crippen LogP contribution in [0.15, 0.2) is 29.2 Å². The topological polar surface area (TPSA) is 34.1 Å². The highest BCUT2D eigenvalue weighted by Gasteiger charge is 2.10. The standard InChI is InChI=1S/C12H14O2S/c1-3-5-6-11-7-9-12(10-8-11)15(13,14)4-2/h1,7-10H,4-6H2,2H3. The zero-order chi connectivity index (χ0) is 11.3. The molecule has 0 aliphatic rings. The van der Waals surface area contributed by atoms with Crippen LogP contribution < -0.4 is 0 Å². The van der Waals surface area contributed by atoms with Crippen LogP contribution in [-0.2, 0) is 16.3 Å². The van der Waals surface area contributed by atoms with E-state index in [1.807, 2.05) is 12.1 Å². The summed E-state index contributed by atoms with van der Waals surface area (Å²) >= 11 is 0. The summed E-state index contributed by atoms with van der Waals surface area (Å²) in [5.74, 6) is 2.69. The molecule has 1 rings (SSSR count). The second kappa shape index (κ2) is 4.99. The van der Waals surface area contributed by atoms with Gasteiger partial charge in [-0.05, 0) is 24.1 Å². The molecular formula is C12H14O2S. The van der Waals surface area contributed by atoms with E-state index in [1.54, 1.807) is 19.1 Å². The molecule has 0 amide bonds. The van der Waals surface area contributed by atoms with Crippen molar-refractivity contribution in [3.05, 3.63) is 29.8 Å². The third-order valence-corrected chi connectivity index (χ3v) is 3.97. The SMILES string of the molecule is C#CCCc1ccc(S(=O)(=O)CC)cc1. The van der Waals surface area contributed by atoms with Crippen molar-refractivity contribution in [2.24, 2.45) is 0 Å². The molecule has 1 aromatic rings. The maximum Gasteiger partial charge on any atom is 0.178 e. The van der Waals surface area contributed by atoms with Crippen molar-refractivity contribution in [2.75, 3.05) is 5.75 Å². The Morgan fingerprint density at radius 2 is 1.87 bits per heavy atom. The summed E-state index contributed by atoms with van der Waals surface area (Å²) in [6.07, 6.45) is 6.63. The molecule has 0 bridgehead atoms. The highest BCUT2D eigenvalue weighted by Crippen LogP contribution is 2.13. The van der Waals surface area contributed by atoms with Gasteiger partial charge in [0.05, 0.1) is 10.6 Å². The highest BCUT2D eigenvalue weighted by molar-refractivity contribution is 7.91. The number of benzene rings is 1. The third kappa shape index (κ3) is 3.10. The van der Waals surface area contributed by atoms with Gasteiger partial charge >= 0.3 is 0 Å². The number of hydrogen-bond donors (Lipinski definition) is 0. The molecule has 0 unspecified atom stereocenters. The van der Waals surface area contributed by atoms with Crippen LogP contribution in [0.5, 0.6) is 0 Å². The van der Waals surface area contributed by atoms with Gasteiger partial charge in [0.15, 0.2) is 9.84 Å². The molecule has 0 atom stereocenters. The fourth-order valence-electron chi connectivity index (χ4n) is 1.25. The van der Waals surface area contributed by atoms with Gasteiger partial charge in [0.25, 0.3) is 0 Å². The van der Waals surface area contributed by atoms with Crippen LogP contribution in [0.1, 0.15) is 18.9 Å². The molecule has 80 valence electrons. The summed E-state index contributed by atoms with van der Waals surface area (Å²) in [6.45, 7) is 1.64. The molecule has 0 radical (unpaired) electrons. The highest BCUT2D eigenvalue weighted by atomic mass is 32.2. The van der Waals surface area contributed by atoms with Gasteiger partial charge in [0.1, 0.15) is 0 Å². The van der Waals surface area contributed by atoms with Gasteiger partial charge in [-0.1, -0.05) is 19.1 Å². The second-order valence-corrected chi connectivity index (χ2v) is 5.53. The van der Waals surface area contributed by atoms with Gasteiger partial charge in [0, 0.05) is 6.42 Å². The van der Waals surface area contributed by atoms with Crippen molar-refractivity contribution in [3.8, 4) is 12.3 Å². The lowest BCUT2D eigenvalue weighted by atomic mass is 10.1. The predicted molar refractivity (Wildman–Crippen MR) is 61.3 cm³/mol. The maximum atomic E-state index is 11.5. The first kappa shape index (κ1) is 11.8. The Bertz CT molecular complexity index is 449. The minimum Gasteiger partial charge on any atom is -0.224 e. The van der Waals surface area contributed by atoms with Crippen molar-refractivity contribution in [1.82, 2.24) is 0 Å². The molecule has 1 aromatic carbocycles. The Balaban J connectivity index is 2.87. The Kier molecular flexibility index (Phi) is 3.93. The van der Waals surface area contributed by atoms with E-state index in [-0.39, 0.29) is 5.75 Å². The molecule has 15 heavy (non-hydrogen) atoms. The van der Waals surface area contributed by atoms with Gasteiger partial charge in [0.2, 0.25) is 0 Å². The lowest BCUT2D eigenvalue weighted by Crippen LogP contribution is -2.03. The van der Waals surface area contributed by atoms with Gasteiger partial charge in [-0.15, -0.1) is 12.3 Å². The van der Waals surface area contributed by atoms with E-state index in [0.29, 0.717) is 11.3 Å². The maximum absolute atomic E-state index is 11.5. The molecule has 0 fully saturated rings. The van der Waals surface area contributed by atoms with Crippen LogP contribution in [0, 0.1) is 12.3 Å². The van der Waals surface area contributed by atoms with Crippen molar-refractivity contribution in [2.45, 2.75) is 24.7 Å². The largest absolute Gasteiger partial charge is 0.224 e. The smallest absolute Gasteiger partial charge is 0.178 e. The summed E-state index contributed by atoms with van der Waals surface area (Å²) in [5.41, 5.74) is 1.07. The normalized spacial score (nSPS) is 10.9. The van der Waals surface area contributed by atoms with E-state index in [2.05, 4.69) is 5.92 Å². The molecule has 0 saturated heterocycles. The fourth-order valence-corrected chi connectivity index (χ4v) is 2.13. The van der Waals surface area contributed by atoms with Crippen LogP contribution in [-0.4, -0.2) is 14.2 Å². The first-order valence-electron chi connectivity index (χ1n) is 4.85. The molecule has 0 aliphatic heterocycles. The minimum atomic E-state index is -3.08. The van der Waals surface area contributed by atoms with E-state index >= 15 is 0 Å². The number of aryl methyl sites for hydroxylation is 1. The second-order valence-electron chi connectivity index (χ2n) is 3.25. The lowest BCUT2D eigenvalue weighted by Gasteiger charge is -2.02. The number of rotatable bonds is 4. The van der Waals surface area contributed by atoms with Crippen molar-refractivity contribution in [3.63, 3.8) is 0 Å². The van der Waals surface area contributed by atoms with E-state index in [4.69, 9.17) is 6.42 Å². The van der Waals surface area contributed by atoms with E-state index < -0.39 is 9.84 Å². The zero-order valence-electron chi connectivity index (χ0n) is 8.73. The fraction of sp³-hybridized carbons (Fsp3) is 0.333. The molecule has 0 heterocycles. The monoisotopic (exact) mass is 222 g/mol. The van der Waals surface area contributed by atoms with Gasteiger partial charge < -0.3 is 0 Å². The quantitative estimate of drug-likeness (QED) is 0.731. The number of terminal acetylenes is 1. The molecule has 0 aromatic heterocycles. The summed E-state index contributed by atoms with van der Waals surface area (Å²) < 4.78 is 23.0. The molecule has 0 N–H and O–H groups in total. The van der Waals surface area contributed by atoms with Crippen LogP contribution in [0.2, 0.25) is 0 Å². The van der Waals surface area contributed by atoms with Crippen LogP contribution in [0.4, 0.5) is 0 Å². The van der Waals surface area contributed by atoms with Gasteiger partial charge in [-0.2, -0.15) is 0 Å². The predicted octanol–water partition coefficient (Wildman–Crippen LogP) is 2.05. The van der Waals surface area contributed by atoms with Crippen molar-refractivity contribution < 1.29 is 8.42 Å². The van der Waals surface area contributed by atoms with Gasteiger partial charge in [-0.25, -0.2) is 8.42 Å². The molecule has 0 spiro atoms. The van der Waals surface area contributed by atoms with E-state index in [1.165, 1.54) is 0 Å². The molecule has 0 aliphatic carbocycles. The van der Waals surface area contributed by atoms with Crippen LogP contribution >= 0.6 is 0 Å². The summed E-state index contributed by atoms with van der Waals surface area (Å²) in [4.78, 5) is 0.384. The molecule has 3 heteroatoms. The summed E-state index contributed by atoms with van der Waals surface area (Å²) in [6, 6.07) is 6.93. The Hall–Kier alpha value is -1.27. The lowest BCUT2D eigenvalue weighted by molar-refractivity contribution is 0.597. The van der Waals surface area contributed by atoms with E-state index in [9.17, 15) is 8.42 Å². The van der Waals surface area contributed by atoms with Gasteiger partial charge in [-0.3, -0.25) is 0 Å². The Morgan fingerprint density at radius 1 is 1.27 bits per heavy atom. The van der Waals surface area contributed by atoms with Crippen LogP contribution in [0.25, 0.3) is 0 Å². The first-order chi connectivity index (χ1) is 7.10. The molecule has 2 nitrogen and oxygen atoms in total. The molecular weight excluding hydrogens is 208 g/mol. The average Bonchev–Trinajstić information content (AvgIpc) is 2.27. The molecule has 0 saturated carbocycles. The van der Waals surface area contributed by atoms with Crippen molar-refractivity contribution >= 4 is 9.84 Å². The minimum absolute atomic E-state index is 0.136. The zero-order valence-corrected chi connectivity index (χ0v) is 9.55. The Morgan fingerprint density at radius 3 is 2.33 bits per heavy atom. The number of sulfone groups is 1. The average molecular weight is 222 g/mol. The van der Waals surface area contributed by atoms with Crippen LogP contribution in [0.3, 0.4) is 0 Å². The third-order valence-electron chi connectivity index (χ3n) is 2.22. The first-order valence-corrected chi connectivity index (χ1v) is 6.50. The van der Waals surface area contributed by atoms with Crippen molar-refractivity contribution in [1.29, 1.82) is 0 Å². The summed E-state index contributed by atoms with van der Waals surface area (Å²) in [7, 11) is -3.08. The van der Waals surface area contributed by atoms with E-state index in [0.717, 1.165) is 12.0 Å².